The minimum Gasteiger partial charge on any atom is -0.494 e. The number of ether oxygens (including phenoxy) is 1. The number of likely N-dealkylation sites (tertiary alicyclic amines) is 1. The van der Waals surface area contributed by atoms with Gasteiger partial charge in [0.1, 0.15) is 5.75 Å². The van der Waals surface area contributed by atoms with Gasteiger partial charge in [-0.1, -0.05) is 42.5 Å². The second kappa shape index (κ2) is 9.93. The first-order valence-electron chi connectivity index (χ1n) is 9.90. The summed E-state index contributed by atoms with van der Waals surface area (Å²) in [6, 6.07) is 18.0. The number of amides is 2. The Morgan fingerprint density at radius 2 is 2.00 bits per heavy atom. The lowest BCUT2D eigenvalue weighted by Crippen LogP contribution is -2.34. The largest absolute Gasteiger partial charge is 0.494 e. The van der Waals surface area contributed by atoms with Crippen molar-refractivity contribution in [1.82, 2.24) is 10.2 Å². The van der Waals surface area contributed by atoms with Gasteiger partial charge in [0.15, 0.2) is 0 Å². The molecule has 0 aliphatic carbocycles. The van der Waals surface area contributed by atoms with Crippen LogP contribution >= 0.6 is 0 Å². The van der Waals surface area contributed by atoms with Crippen LogP contribution in [0.3, 0.4) is 0 Å². The average Bonchev–Trinajstić information content (AvgIpc) is 3.07. The summed E-state index contributed by atoms with van der Waals surface area (Å²) in [6.45, 7) is 4.31. The zero-order chi connectivity index (χ0) is 19.8. The Kier molecular flexibility index (Phi) is 7.06. The van der Waals surface area contributed by atoms with Crippen LogP contribution in [0.15, 0.2) is 54.6 Å². The molecule has 1 heterocycles. The van der Waals surface area contributed by atoms with Crippen molar-refractivity contribution in [2.24, 2.45) is 5.92 Å². The van der Waals surface area contributed by atoms with Gasteiger partial charge in [-0.2, -0.15) is 0 Å². The summed E-state index contributed by atoms with van der Waals surface area (Å²) < 4.78 is 5.69. The third-order valence-corrected chi connectivity index (χ3v) is 4.98. The molecule has 28 heavy (non-hydrogen) atoms. The van der Waals surface area contributed by atoms with E-state index in [1.165, 1.54) is 5.56 Å². The number of carbonyl (C=O) groups is 2. The third kappa shape index (κ3) is 5.84. The van der Waals surface area contributed by atoms with E-state index in [0.717, 1.165) is 24.2 Å². The summed E-state index contributed by atoms with van der Waals surface area (Å²) >= 11 is 0. The van der Waals surface area contributed by atoms with Crippen molar-refractivity contribution in [3.63, 3.8) is 0 Å². The molecule has 2 aromatic carbocycles. The van der Waals surface area contributed by atoms with Gasteiger partial charge >= 0.3 is 0 Å². The third-order valence-electron chi connectivity index (χ3n) is 4.98. The van der Waals surface area contributed by atoms with Crippen LogP contribution in [0, 0.1) is 12.8 Å². The Hall–Kier alpha value is -2.82. The van der Waals surface area contributed by atoms with Gasteiger partial charge in [-0.25, -0.2) is 0 Å². The summed E-state index contributed by atoms with van der Waals surface area (Å²) in [7, 11) is 0. The molecule has 1 aliphatic heterocycles. The maximum absolute atomic E-state index is 12.4. The first kappa shape index (κ1) is 19.9. The first-order chi connectivity index (χ1) is 13.6. The molecule has 2 amide bonds. The Morgan fingerprint density at radius 1 is 1.18 bits per heavy atom. The molecule has 1 N–H and O–H groups in total. The van der Waals surface area contributed by atoms with Crippen LogP contribution in [-0.2, 0) is 16.0 Å². The lowest BCUT2D eigenvalue weighted by Gasteiger charge is -2.16. The fourth-order valence-corrected chi connectivity index (χ4v) is 3.40. The summed E-state index contributed by atoms with van der Waals surface area (Å²) in [5.74, 6) is 0.632. The summed E-state index contributed by atoms with van der Waals surface area (Å²) in [4.78, 5) is 26.4. The number of hydrogen-bond acceptors (Lipinski definition) is 3. The van der Waals surface area contributed by atoms with Gasteiger partial charge in [0, 0.05) is 26.1 Å². The number of aryl methyl sites for hydroxylation is 1. The van der Waals surface area contributed by atoms with E-state index in [0.29, 0.717) is 32.7 Å². The molecule has 1 unspecified atom stereocenters. The molecular weight excluding hydrogens is 352 g/mol. The van der Waals surface area contributed by atoms with Crippen molar-refractivity contribution in [2.75, 3.05) is 26.2 Å². The molecule has 0 spiro atoms. The van der Waals surface area contributed by atoms with E-state index < -0.39 is 0 Å². The summed E-state index contributed by atoms with van der Waals surface area (Å²) in [5.41, 5.74) is 2.37. The van der Waals surface area contributed by atoms with E-state index >= 15 is 0 Å². The number of rotatable bonds is 9. The standard InChI is InChI=1S/C23H28N2O3/c1-18-7-5-10-21(15-18)28-14-6-12-24-23(27)20-16-22(26)25(17-20)13-11-19-8-3-2-4-9-19/h2-5,7-10,15,20H,6,11-14,16-17H2,1H3,(H,24,27). The molecule has 148 valence electrons. The molecule has 5 nitrogen and oxygen atoms in total. The highest BCUT2D eigenvalue weighted by Gasteiger charge is 2.33. The number of benzene rings is 2. The van der Waals surface area contributed by atoms with Crippen molar-refractivity contribution < 1.29 is 14.3 Å². The lowest BCUT2D eigenvalue weighted by atomic mass is 10.1. The van der Waals surface area contributed by atoms with E-state index in [1.54, 1.807) is 4.90 Å². The second-order valence-electron chi connectivity index (χ2n) is 7.29. The molecule has 1 fully saturated rings. The van der Waals surface area contributed by atoms with Gasteiger partial charge in [0.25, 0.3) is 0 Å². The number of hydrogen-bond donors (Lipinski definition) is 1. The Morgan fingerprint density at radius 3 is 2.79 bits per heavy atom. The molecule has 5 heteroatoms. The van der Waals surface area contributed by atoms with Gasteiger partial charge in [0.2, 0.25) is 11.8 Å². The SMILES string of the molecule is Cc1cccc(OCCCNC(=O)C2CC(=O)N(CCc3ccccc3)C2)c1. The maximum atomic E-state index is 12.4. The summed E-state index contributed by atoms with van der Waals surface area (Å²) in [5, 5.41) is 2.94. The van der Waals surface area contributed by atoms with Crippen LogP contribution in [0.2, 0.25) is 0 Å². The van der Waals surface area contributed by atoms with Crippen molar-refractivity contribution >= 4 is 11.8 Å². The van der Waals surface area contributed by atoms with Crippen LogP contribution in [-0.4, -0.2) is 43.0 Å². The highest BCUT2D eigenvalue weighted by Crippen LogP contribution is 2.18. The van der Waals surface area contributed by atoms with Crippen molar-refractivity contribution in [3.8, 4) is 5.75 Å². The number of nitrogens with zero attached hydrogens (tertiary/aromatic N) is 1. The van der Waals surface area contributed by atoms with Crippen LogP contribution in [0.5, 0.6) is 5.75 Å². The smallest absolute Gasteiger partial charge is 0.225 e. The van der Waals surface area contributed by atoms with Crippen molar-refractivity contribution in [1.29, 1.82) is 0 Å². The molecule has 0 bridgehead atoms. The lowest BCUT2D eigenvalue weighted by molar-refractivity contribution is -0.129. The average molecular weight is 380 g/mol. The van der Waals surface area contributed by atoms with Crippen LogP contribution < -0.4 is 10.1 Å². The normalized spacial score (nSPS) is 16.2. The van der Waals surface area contributed by atoms with Gasteiger partial charge in [0.05, 0.1) is 12.5 Å². The van der Waals surface area contributed by atoms with Crippen molar-refractivity contribution in [3.05, 3.63) is 65.7 Å². The fourth-order valence-electron chi connectivity index (χ4n) is 3.40. The minimum atomic E-state index is -0.249. The van der Waals surface area contributed by atoms with Crippen LogP contribution in [0.4, 0.5) is 0 Å². The quantitative estimate of drug-likeness (QED) is 0.681. The zero-order valence-corrected chi connectivity index (χ0v) is 16.4. The van der Waals surface area contributed by atoms with Gasteiger partial charge in [-0.05, 0) is 43.0 Å². The second-order valence-corrected chi connectivity index (χ2v) is 7.29. The van der Waals surface area contributed by atoms with Crippen molar-refractivity contribution in [2.45, 2.75) is 26.2 Å². The van der Waals surface area contributed by atoms with Gasteiger partial charge < -0.3 is 15.0 Å². The molecule has 1 aliphatic rings. The molecule has 3 rings (SSSR count). The topological polar surface area (TPSA) is 58.6 Å². The van der Waals surface area contributed by atoms with E-state index in [-0.39, 0.29) is 17.7 Å². The predicted octanol–water partition coefficient (Wildman–Crippen LogP) is 2.97. The molecular formula is C23H28N2O3. The molecule has 2 aromatic rings. The van der Waals surface area contributed by atoms with Crippen LogP contribution in [0.1, 0.15) is 24.0 Å². The van der Waals surface area contributed by atoms with E-state index in [9.17, 15) is 9.59 Å². The zero-order valence-electron chi connectivity index (χ0n) is 16.4. The number of nitrogens with one attached hydrogen (secondary N) is 1. The van der Waals surface area contributed by atoms with Crippen LogP contribution in [0.25, 0.3) is 0 Å². The summed E-state index contributed by atoms with van der Waals surface area (Å²) in [6.07, 6.45) is 1.86. The molecule has 0 aromatic heterocycles. The van der Waals surface area contributed by atoms with Gasteiger partial charge in [-0.15, -0.1) is 0 Å². The van der Waals surface area contributed by atoms with E-state index in [1.807, 2.05) is 49.4 Å². The van der Waals surface area contributed by atoms with E-state index in [4.69, 9.17) is 4.74 Å². The highest BCUT2D eigenvalue weighted by molar-refractivity contribution is 5.89. The molecule has 0 saturated carbocycles. The Balaban J connectivity index is 1.34. The minimum absolute atomic E-state index is 0.0360. The molecule has 1 atom stereocenters. The highest BCUT2D eigenvalue weighted by atomic mass is 16.5. The molecule has 1 saturated heterocycles. The molecule has 0 radical (unpaired) electrons. The first-order valence-corrected chi connectivity index (χ1v) is 9.90. The Bertz CT molecular complexity index is 791. The monoisotopic (exact) mass is 380 g/mol. The predicted molar refractivity (Wildman–Crippen MR) is 109 cm³/mol. The fraction of sp³-hybridized carbons (Fsp3) is 0.391. The van der Waals surface area contributed by atoms with E-state index in [2.05, 4.69) is 17.4 Å². The van der Waals surface area contributed by atoms with Gasteiger partial charge in [-0.3, -0.25) is 9.59 Å². The number of carbonyl (C=O) groups excluding carboxylic acids is 2. The maximum Gasteiger partial charge on any atom is 0.225 e. The Labute approximate surface area is 166 Å².